The zero-order valence-corrected chi connectivity index (χ0v) is 9.97. The average molecular weight is 242 g/mol. The summed E-state index contributed by atoms with van der Waals surface area (Å²) in [7, 11) is 1.53. The number of anilines is 2. The molecule has 5 nitrogen and oxygen atoms in total. The molecule has 5 heteroatoms. The monoisotopic (exact) mass is 242 g/mol. The van der Waals surface area contributed by atoms with Crippen molar-refractivity contribution in [1.82, 2.24) is 4.98 Å². The molecule has 92 valence electrons. The number of benzene rings is 1. The Hall–Kier alpha value is -2.56. The molecule has 18 heavy (non-hydrogen) atoms. The molecule has 0 radical (unpaired) electrons. The van der Waals surface area contributed by atoms with Crippen molar-refractivity contribution in [2.24, 2.45) is 0 Å². The number of methoxy groups -OCH3 is 1. The molecule has 0 amide bonds. The maximum absolute atomic E-state index is 8.16. The van der Waals surface area contributed by atoms with Gasteiger partial charge in [0.05, 0.1) is 12.8 Å². The van der Waals surface area contributed by atoms with Gasteiger partial charge in [0.2, 0.25) is 5.88 Å². The molecule has 0 aliphatic carbocycles. The molecule has 1 aromatic heterocycles. The minimum absolute atomic E-state index is 0.292. The number of nitrogens with two attached hydrogens (primary N) is 2. The minimum Gasteiger partial charge on any atom is -0.481 e. The van der Waals surface area contributed by atoms with Gasteiger partial charge in [0.25, 0.3) is 0 Å². The van der Waals surface area contributed by atoms with E-state index >= 15 is 0 Å². The first-order valence-corrected chi connectivity index (χ1v) is 5.36. The SMILES string of the molecule is COc1cc(C(=N)c2cc(N)ccc2N)ccn1. The van der Waals surface area contributed by atoms with Gasteiger partial charge >= 0.3 is 0 Å². The third-order valence-corrected chi connectivity index (χ3v) is 2.58. The number of ether oxygens (including phenoxy) is 1. The van der Waals surface area contributed by atoms with E-state index in [1.807, 2.05) is 0 Å². The number of pyridine rings is 1. The summed E-state index contributed by atoms with van der Waals surface area (Å²) in [5.74, 6) is 0.458. The lowest BCUT2D eigenvalue weighted by molar-refractivity contribution is 0.398. The van der Waals surface area contributed by atoms with Gasteiger partial charge in [-0.15, -0.1) is 0 Å². The van der Waals surface area contributed by atoms with Crippen LogP contribution in [0.4, 0.5) is 11.4 Å². The summed E-state index contributed by atoms with van der Waals surface area (Å²) in [4.78, 5) is 4.00. The molecule has 2 aromatic rings. The van der Waals surface area contributed by atoms with Gasteiger partial charge < -0.3 is 16.2 Å². The number of nitrogens with one attached hydrogen (secondary N) is 1. The number of rotatable bonds is 3. The van der Waals surface area contributed by atoms with Gasteiger partial charge in [-0.05, 0) is 24.3 Å². The highest BCUT2D eigenvalue weighted by Gasteiger charge is 2.10. The van der Waals surface area contributed by atoms with Crippen molar-refractivity contribution in [2.75, 3.05) is 18.6 Å². The second-order valence-electron chi connectivity index (χ2n) is 3.81. The fraction of sp³-hybridized carbons (Fsp3) is 0.0769. The predicted octanol–water partition coefficient (Wildman–Crippen LogP) is 1.67. The second kappa shape index (κ2) is 4.75. The van der Waals surface area contributed by atoms with E-state index in [4.69, 9.17) is 21.6 Å². The van der Waals surface area contributed by atoms with Crippen molar-refractivity contribution < 1.29 is 4.74 Å². The Balaban J connectivity index is 2.44. The van der Waals surface area contributed by atoms with Crippen molar-refractivity contribution >= 4 is 17.1 Å². The van der Waals surface area contributed by atoms with E-state index in [0.717, 1.165) is 0 Å². The van der Waals surface area contributed by atoms with Crippen LogP contribution in [0.2, 0.25) is 0 Å². The molecule has 0 saturated carbocycles. The first-order chi connectivity index (χ1) is 8.61. The van der Waals surface area contributed by atoms with E-state index in [9.17, 15) is 0 Å². The number of hydrogen-bond acceptors (Lipinski definition) is 5. The summed E-state index contributed by atoms with van der Waals surface area (Å²) < 4.78 is 5.03. The van der Waals surface area contributed by atoms with Crippen molar-refractivity contribution in [2.45, 2.75) is 0 Å². The van der Waals surface area contributed by atoms with Gasteiger partial charge in [0.1, 0.15) is 0 Å². The Morgan fingerprint density at radius 1 is 1.22 bits per heavy atom. The van der Waals surface area contributed by atoms with E-state index in [1.165, 1.54) is 7.11 Å². The molecule has 0 bridgehead atoms. The molecule has 5 N–H and O–H groups in total. The summed E-state index contributed by atoms with van der Waals surface area (Å²) in [5.41, 5.74) is 14.2. The van der Waals surface area contributed by atoms with Gasteiger partial charge in [-0.2, -0.15) is 0 Å². The van der Waals surface area contributed by atoms with Crippen LogP contribution in [0.5, 0.6) is 5.88 Å². The smallest absolute Gasteiger partial charge is 0.213 e. The lowest BCUT2D eigenvalue weighted by Crippen LogP contribution is -2.07. The normalized spacial score (nSPS) is 10.1. The van der Waals surface area contributed by atoms with Crippen molar-refractivity contribution in [3.05, 3.63) is 47.7 Å². The fourth-order valence-corrected chi connectivity index (χ4v) is 1.62. The zero-order chi connectivity index (χ0) is 13.1. The summed E-state index contributed by atoms with van der Waals surface area (Å²) in [6.07, 6.45) is 1.59. The lowest BCUT2D eigenvalue weighted by atomic mass is 10.0. The van der Waals surface area contributed by atoms with Crippen molar-refractivity contribution in [1.29, 1.82) is 5.41 Å². The number of aromatic nitrogens is 1. The molecular formula is C13H14N4O. The molecule has 1 heterocycles. The van der Waals surface area contributed by atoms with Crippen LogP contribution in [-0.2, 0) is 0 Å². The van der Waals surface area contributed by atoms with E-state index in [-0.39, 0.29) is 0 Å². The largest absolute Gasteiger partial charge is 0.481 e. The molecule has 2 rings (SSSR count). The third-order valence-electron chi connectivity index (χ3n) is 2.58. The molecule has 0 unspecified atom stereocenters. The van der Waals surface area contributed by atoms with Crippen LogP contribution in [0.3, 0.4) is 0 Å². The highest BCUT2D eigenvalue weighted by atomic mass is 16.5. The quantitative estimate of drug-likeness (QED) is 0.563. The lowest BCUT2D eigenvalue weighted by Gasteiger charge is -2.09. The van der Waals surface area contributed by atoms with E-state index in [2.05, 4.69) is 4.98 Å². The zero-order valence-electron chi connectivity index (χ0n) is 9.97. The topological polar surface area (TPSA) is 98.0 Å². The van der Waals surface area contributed by atoms with Crippen molar-refractivity contribution in [3.63, 3.8) is 0 Å². The molecular weight excluding hydrogens is 228 g/mol. The molecule has 0 aliphatic heterocycles. The summed E-state index contributed by atoms with van der Waals surface area (Å²) in [5, 5.41) is 8.16. The summed E-state index contributed by atoms with van der Waals surface area (Å²) in [6.45, 7) is 0. The maximum atomic E-state index is 8.16. The van der Waals surface area contributed by atoms with Crippen LogP contribution >= 0.6 is 0 Å². The van der Waals surface area contributed by atoms with Gasteiger partial charge in [-0.1, -0.05) is 0 Å². The Bertz CT molecular complexity index is 595. The minimum atomic E-state index is 0.292. The first kappa shape index (κ1) is 11.9. The average Bonchev–Trinajstić information content (AvgIpc) is 2.41. The number of nitrogen functional groups attached to an aromatic ring is 2. The van der Waals surface area contributed by atoms with Crippen LogP contribution in [0.15, 0.2) is 36.5 Å². The van der Waals surface area contributed by atoms with Crippen LogP contribution in [0, 0.1) is 5.41 Å². The van der Waals surface area contributed by atoms with Gasteiger partial charge in [-0.3, -0.25) is 5.41 Å². The number of hydrogen-bond donors (Lipinski definition) is 3. The van der Waals surface area contributed by atoms with E-state index in [1.54, 1.807) is 36.5 Å². The molecule has 0 saturated heterocycles. The van der Waals surface area contributed by atoms with Gasteiger partial charge in [-0.25, -0.2) is 4.98 Å². The van der Waals surface area contributed by atoms with Crippen LogP contribution in [0.25, 0.3) is 0 Å². The maximum Gasteiger partial charge on any atom is 0.213 e. The third kappa shape index (κ3) is 2.24. The molecule has 0 fully saturated rings. The Kier molecular flexibility index (Phi) is 3.14. The standard InChI is InChI=1S/C13H14N4O/c1-18-12-6-8(4-5-17-12)13(16)10-7-9(14)2-3-11(10)15/h2-7,16H,14-15H2,1H3. The molecule has 1 aromatic carbocycles. The van der Waals surface area contributed by atoms with Gasteiger partial charge in [0, 0.05) is 34.8 Å². The molecule has 0 aliphatic rings. The fourth-order valence-electron chi connectivity index (χ4n) is 1.62. The van der Waals surface area contributed by atoms with Crippen LogP contribution in [-0.4, -0.2) is 17.8 Å². The summed E-state index contributed by atoms with van der Waals surface area (Å²) in [6, 6.07) is 8.50. The Labute approximate surface area is 105 Å². The van der Waals surface area contributed by atoms with Crippen LogP contribution in [0.1, 0.15) is 11.1 Å². The first-order valence-electron chi connectivity index (χ1n) is 5.36. The van der Waals surface area contributed by atoms with E-state index in [0.29, 0.717) is 34.1 Å². The van der Waals surface area contributed by atoms with Gasteiger partial charge in [0.15, 0.2) is 0 Å². The predicted molar refractivity (Wildman–Crippen MR) is 72.0 cm³/mol. The highest BCUT2D eigenvalue weighted by molar-refractivity contribution is 6.14. The highest BCUT2D eigenvalue weighted by Crippen LogP contribution is 2.20. The Morgan fingerprint density at radius 2 is 2.00 bits per heavy atom. The molecule has 0 atom stereocenters. The molecule has 0 spiro atoms. The summed E-state index contributed by atoms with van der Waals surface area (Å²) >= 11 is 0. The van der Waals surface area contributed by atoms with Crippen LogP contribution < -0.4 is 16.2 Å². The van der Waals surface area contributed by atoms with Crippen molar-refractivity contribution in [3.8, 4) is 5.88 Å². The second-order valence-corrected chi connectivity index (χ2v) is 3.81. The number of nitrogens with zero attached hydrogens (tertiary/aromatic N) is 1. The Morgan fingerprint density at radius 3 is 2.72 bits per heavy atom. The van der Waals surface area contributed by atoms with E-state index < -0.39 is 0 Å².